The van der Waals surface area contributed by atoms with Crippen molar-refractivity contribution in [2.24, 2.45) is 0 Å². The Morgan fingerprint density at radius 2 is 0.329 bits per heavy atom. The third-order valence-electron chi connectivity index (χ3n) is 16.3. The summed E-state index contributed by atoms with van der Waals surface area (Å²) in [5.41, 5.74) is 0. The summed E-state index contributed by atoms with van der Waals surface area (Å²) in [6, 6.07) is 0. The van der Waals surface area contributed by atoms with Crippen LogP contribution in [0, 0.1) is 0 Å². The van der Waals surface area contributed by atoms with Gasteiger partial charge >= 0.3 is 0 Å². The van der Waals surface area contributed by atoms with Crippen LogP contribution in [0.1, 0.15) is 176 Å². The molecule has 0 bridgehead atoms. The molecular formula is C63H126N10O6. The smallest absolute Gasteiger partial charge is 0.134 e. The monoisotopic (exact) mass is 1120 g/mol. The average molecular weight is 1120 g/mol. The Labute approximate surface area is 486 Å². The molecule has 0 saturated carbocycles. The molecule has 0 unspecified atom stereocenters. The van der Waals surface area contributed by atoms with Gasteiger partial charge in [-0.25, -0.2) is 0 Å². The molecule has 0 aliphatic heterocycles. The fourth-order valence-corrected chi connectivity index (χ4v) is 9.57. The SMILES string of the molecule is CCN(C)CCCC(=O)CCN(CCCN(CCCN(CCC(=O)CCCN(C)CC)CCC(=O)CCCN(C)CC)CCCN(CCC(=O)CCCN(C)CC)CCC(=O)CCCN(C)CC)CCC(=O)CCCN(C)CC. The van der Waals surface area contributed by atoms with E-state index in [0.29, 0.717) is 116 Å². The molecule has 79 heavy (non-hydrogen) atoms. The zero-order chi connectivity index (χ0) is 59.1. The summed E-state index contributed by atoms with van der Waals surface area (Å²) < 4.78 is 0. The molecule has 16 heteroatoms. The van der Waals surface area contributed by atoms with Crippen molar-refractivity contribution in [1.29, 1.82) is 0 Å². The van der Waals surface area contributed by atoms with Crippen molar-refractivity contribution in [3.8, 4) is 0 Å². The Balaban J connectivity index is 6.41. The molecule has 0 rings (SSSR count). The molecule has 0 atom stereocenters. The minimum Gasteiger partial charge on any atom is -0.307 e. The predicted octanol–water partition coefficient (Wildman–Crippen LogP) is 7.51. The lowest BCUT2D eigenvalue weighted by atomic mass is 10.1. The van der Waals surface area contributed by atoms with E-state index in [1.54, 1.807) is 0 Å². The van der Waals surface area contributed by atoms with Crippen LogP contribution in [0.15, 0.2) is 0 Å². The van der Waals surface area contributed by atoms with E-state index < -0.39 is 0 Å². The second-order valence-corrected chi connectivity index (χ2v) is 23.2. The Morgan fingerprint density at radius 1 is 0.190 bits per heavy atom. The zero-order valence-electron chi connectivity index (χ0n) is 53.7. The molecule has 464 valence electrons. The van der Waals surface area contributed by atoms with Crippen LogP contribution in [0.5, 0.6) is 0 Å². The summed E-state index contributed by atoms with van der Waals surface area (Å²) in [6.45, 7) is 33.0. The molecule has 0 amide bonds. The van der Waals surface area contributed by atoms with Gasteiger partial charge in [-0.2, -0.15) is 0 Å². The Hall–Kier alpha value is -2.38. The zero-order valence-corrected chi connectivity index (χ0v) is 53.7. The molecule has 0 heterocycles. The highest BCUT2D eigenvalue weighted by Crippen LogP contribution is 2.11. The third-order valence-corrected chi connectivity index (χ3v) is 16.3. The molecule has 0 aliphatic carbocycles. The quantitative estimate of drug-likeness (QED) is 0.0594. The average Bonchev–Trinajstić information content (AvgIpc) is 3.43. The molecule has 0 aromatic heterocycles. The summed E-state index contributed by atoms with van der Waals surface area (Å²) in [6.07, 6.45) is 14.3. The van der Waals surface area contributed by atoms with E-state index in [2.05, 4.69) is 133 Å². The third kappa shape index (κ3) is 46.8. The highest BCUT2D eigenvalue weighted by atomic mass is 16.1. The lowest BCUT2D eigenvalue weighted by Gasteiger charge is -2.29. The van der Waals surface area contributed by atoms with Gasteiger partial charge in [0.25, 0.3) is 0 Å². The fraction of sp³-hybridized carbons (Fsp3) is 0.905. The van der Waals surface area contributed by atoms with Gasteiger partial charge in [0.15, 0.2) is 0 Å². The first kappa shape index (κ1) is 76.6. The molecule has 0 N–H and O–H groups in total. The molecule has 0 radical (unpaired) electrons. The predicted molar refractivity (Wildman–Crippen MR) is 332 cm³/mol. The van der Waals surface area contributed by atoms with Crippen molar-refractivity contribution in [1.82, 2.24) is 49.0 Å². The maximum absolute atomic E-state index is 13.2. The van der Waals surface area contributed by atoms with Crippen LogP contribution in [-0.4, -0.2) is 283 Å². The van der Waals surface area contributed by atoms with Crippen LogP contribution in [0.3, 0.4) is 0 Å². The van der Waals surface area contributed by atoms with Gasteiger partial charge in [-0.3, -0.25) is 28.8 Å². The van der Waals surface area contributed by atoms with Crippen LogP contribution in [0.4, 0.5) is 0 Å². The number of nitrogens with zero attached hydrogens (tertiary/aromatic N) is 10. The van der Waals surface area contributed by atoms with E-state index in [9.17, 15) is 28.8 Å². The van der Waals surface area contributed by atoms with Crippen molar-refractivity contribution < 1.29 is 28.8 Å². The largest absolute Gasteiger partial charge is 0.307 e. The molecule has 0 aromatic carbocycles. The summed E-state index contributed by atoms with van der Waals surface area (Å²) in [5, 5.41) is 0. The van der Waals surface area contributed by atoms with Gasteiger partial charge in [0.2, 0.25) is 0 Å². The normalized spacial score (nSPS) is 12.2. The molecule has 0 spiro atoms. The number of rotatable bonds is 60. The van der Waals surface area contributed by atoms with Gasteiger partial charge < -0.3 is 49.0 Å². The van der Waals surface area contributed by atoms with Gasteiger partial charge in [-0.15, -0.1) is 0 Å². The van der Waals surface area contributed by atoms with Gasteiger partial charge in [-0.05, 0) is 218 Å². The van der Waals surface area contributed by atoms with Gasteiger partial charge in [0, 0.05) is 116 Å². The topological polar surface area (TPSA) is 135 Å². The second kappa shape index (κ2) is 51.3. The van der Waals surface area contributed by atoms with Gasteiger partial charge in [0.1, 0.15) is 34.7 Å². The fourth-order valence-electron chi connectivity index (χ4n) is 9.57. The number of carbonyl (C=O) groups excluding carboxylic acids is 6. The number of hydrogen-bond acceptors (Lipinski definition) is 16. The van der Waals surface area contributed by atoms with Crippen molar-refractivity contribution >= 4 is 34.7 Å². The first-order valence-corrected chi connectivity index (χ1v) is 32.0. The van der Waals surface area contributed by atoms with Crippen LogP contribution < -0.4 is 0 Å². The molecule has 0 aromatic rings. The molecule has 0 fully saturated rings. The summed E-state index contributed by atoms with van der Waals surface area (Å²) in [5.74, 6) is 1.71. The first-order valence-electron chi connectivity index (χ1n) is 32.0. The highest BCUT2D eigenvalue weighted by Gasteiger charge is 2.18. The first-order chi connectivity index (χ1) is 37.9. The molecule has 16 nitrogen and oxygen atoms in total. The van der Waals surface area contributed by atoms with E-state index in [1.807, 2.05) is 0 Å². The van der Waals surface area contributed by atoms with E-state index >= 15 is 0 Å². The van der Waals surface area contributed by atoms with Gasteiger partial charge in [0.05, 0.1) is 0 Å². The minimum atomic E-state index is 0.285. The molecular weight excluding hydrogens is 993 g/mol. The maximum atomic E-state index is 13.2. The highest BCUT2D eigenvalue weighted by molar-refractivity contribution is 5.80. The van der Waals surface area contributed by atoms with E-state index in [-0.39, 0.29) is 34.7 Å². The van der Waals surface area contributed by atoms with E-state index in [1.165, 1.54) is 0 Å². The van der Waals surface area contributed by atoms with E-state index in [0.717, 1.165) is 176 Å². The number of carbonyl (C=O) groups is 6. The van der Waals surface area contributed by atoms with Crippen LogP contribution >= 0.6 is 0 Å². The maximum Gasteiger partial charge on any atom is 0.134 e. The second-order valence-electron chi connectivity index (χ2n) is 23.2. The van der Waals surface area contributed by atoms with Gasteiger partial charge in [-0.1, -0.05) is 41.5 Å². The Bertz CT molecular complexity index is 1290. The van der Waals surface area contributed by atoms with E-state index in [4.69, 9.17) is 0 Å². The van der Waals surface area contributed by atoms with Crippen LogP contribution in [0.25, 0.3) is 0 Å². The summed E-state index contributed by atoms with van der Waals surface area (Å²) >= 11 is 0. The Morgan fingerprint density at radius 3 is 0.468 bits per heavy atom. The minimum absolute atomic E-state index is 0.285. The van der Waals surface area contributed by atoms with Crippen LogP contribution in [0.2, 0.25) is 0 Å². The van der Waals surface area contributed by atoms with Crippen molar-refractivity contribution in [2.45, 2.75) is 176 Å². The van der Waals surface area contributed by atoms with Crippen molar-refractivity contribution in [3.05, 3.63) is 0 Å². The van der Waals surface area contributed by atoms with Crippen LogP contribution in [-0.2, 0) is 28.8 Å². The lowest BCUT2D eigenvalue weighted by molar-refractivity contribution is -0.121. The standard InChI is InChI=1S/C63H126N10O6/c1-13-64(7)40-19-28-58(74)34-52-71(53-35-59(75)29-20-41-65(8)14-2)49-25-46-70(47-26-50-72(54-36-60(76)30-21-42-66(9)15-3)55-37-61(77)31-22-43-67(10)16-4)48-27-51-73(56-38-62(78)32-23-44-68(11)17-5)57-39-63(79)33-24-45-69(12)18-6/h13-57H2,1-12H3. The summed E-state index contributed by atoms with van der Waals surface area (Å²) in [7, 11) is 12.5. The van der Waals surface area contributed by atoms with Crippen molar-refractivity contribution in [2.75, 3.05) is 199 Å². The number of Topliss-reactive ketones (excluding diaryl/α,β-unsaturated/α-hetero) is 6. The molecule has 0 aliphatic rings. The number of ketones is 6. The number of hydrogen-bond donors (Lipinski definition) is 0. The molecule has 0 saturated heterocycles. The lowest BCUT2D eigenvalue weighted by Crippen LogP contribution is -2.37. The van der Waals surface area contributed by atoms with Crippen molar-refractivity contribution in [3.63, 3.8) is 0 Å². The Kier molecular flexibility index (Phi) is 49.7. The summed E-state index contributed by atoms with van der Waals surface area (Å²) in [4.78, 5) is 102.